The Hall–Kier alpha value is -2.24. The number of carbonyl (C=O) groups is 1. The molecular formula is C16H14FNO3. The molecule has 0 aliphatic carbocycles. The summed E-state index contributed by atoms with van der Waals surface area (Å²) in [5, 5.41) is 19.8. The Balaban J connectivity index is 2.05. The van der Waals surface area contributed by atoms with Gasteiger partial charge in [-0.25, -0.2) is 4.39 Å². The van der Waals surface area contributed by atoms with Crippen molar-refractivity contribution < 1.29 is 19.4 Å². The standard InChI is InChI=1S/C16H14FNO3/c17-12-6-7-14-13(8-12)16(21,10-19)15(20)18(14)9-11-4-2-1-3-5-11/h1-8,19,21H,9-10H2. The predicted molar refractivity (Wildman–Crippen MR) is 75.0 cm³/mol. The highest BCUT2D eigenvalue weighted by Crippen LogP contribution is 2.41. The summed E-state index contributed by atoms with van der Waals surface area (Å²) in [6.45, 7) is -0.534. The zero-order chi connectivity index (χ0) is 15.0. The summed E-state index contributed by atoms with van der Waals surface area (Å²) in [6.07, 6.45) is 0. The van der Waals surface area contributed by atoms with Crippen LogP contribution in [0.5, 0.6) is 0 Å². The van der Waals surface area contributed by atoms with E-state index in [0.29, 0.717) is 5.69 Å². The molecule has 5 heteroatoms. The minimum absolute atomic E-state index is 0.103. The molecule has 1 aliphatic rings. The second kappa shape index (κ2) is 4.95. The monoisotopic (exact) mass is 287 g/mol. The number of aliphatic hydroxyl groups excluding tert-OH is 1. The number of carbonyl (C=O) groups excluding carboxylic acids is 1. The Labute approximate surface area is 121 Å². The van der Waals surface area contributed by atoms with Gasteiger partial charge in [-0.1, -0.05) is 30.3 Å². The molecule has 1 aliphatic heterocycles. The van der Waals surface area contributed by atoms with Gasteiger partial charge in [0.05, 0.1) is 18.8 Å². The van der Waals surface area contributed by atoms with Crippen LogP contribution in [-0.4, -0.2) is 22.7 Å². The number of hydrogen-bond acceptors (Lipinski definition) is 3. The molecule has 108 valence electrons. The third-order valence-corrected chi connectivity index (χ3v) is 3.71. The van der Waals surface area contributed by atoms with Crippen molar-refractivity contribution in [2.45, 2.75) is 12.1 Å². The number of aliphatic hydroxyl groups is 2. The molecule has 0 bridgehead atoms. The summed E-state index contributed by atoms with van der Waals surface area (Å²) in [7, 11) is 0. The van der Waals surface area contributed by atoms with Gasteiger partial charge in [-0.2, -0.15) is 0 Å². The molecule has 0 aromatic heterocycles. The molecule has 1 heterocycles. The van der Waals surface area contributed by atoms with Crippen LogP contribution in [0, 0.1) is 5.82 Å². The van der Waals surface area contributed by atoms with Crippen molar-refractivity contribution in [3.05, 3.63) is 65.5 Å². The second-order valence-electron chi connectivity index (χ2n) is 5.06. The zero-order valence-corrected chi connectivity index (χ0v) is 11.2. The summed E-state index contributed by atoms with van der Waals surface area (Å²) in [5.74, 6) is -1.20. The first kappa shape index (κ1) is 13.7. The Morgan fingerprint density at radius 2 is 1.86 bits per heavy atom. The van der Waals surface area contributed by atoms with E-state index in [0.717, 1.165) is 11.6 Å². The minimum atomic E-state index is -2.08. The van der Waals surface area contributed by atoms with Gasteiger partial charge in [-0.15, -0.1) is 0 Å². The van der Waals surface area contributed by atoms with E-state index in [1.165, 1.54) is 17.0 Å². The molecular weight excluding hydrogens is 273 g/mol. The number of amides is 1. The van der Waals surface area contributed by atoms with Crippen molar-refractivity contribution in [1.82, 2.24) is 0 Å². The average Bonchev–Trinajstić information content (AvgIpc) is 2.71. The number of benzene rings is 2. The fraction of sp³-hybridized carbons (Fsp3) is 0.188. The Morgan fingerprint density at radius 1 is 1.14 bits per heavy atom. The molecule has 1 unspecified atom stereocenters. The van der Waals surface area contributed by atoms with Gasteiger partial charge in [-0.05, 0) is 23.8 Å². The van der Waals surface area contributed by atoms with Crippen molar-refractivity contribution in [2.24, 2.45) is 0 Å². The van der Waals surface area contributed by atoms with Crippen LogP contribution in [0.25, 0.3) is 0 Å². The van der Waals surface area contributed by atoms with E-state index in [9.17, 15) is 19.4 Å². The molecule has 0 spiro atoms. The van der Waals surface area contributed by atoms with Crippen molar-refractivity contribution >= 4 is 11.6 Å². The molecule has 3 rings (SSSR count). The highest BCUT2D eigenvalue weighted by Gasteiger charge is 2.49. The highest BCUT2D eigenvalue weighted by atomic mass is 19.1. The molecule has 21 heavy (non-hydrogen) atoms. The molecule has 1 amide bonds. The maximum absolute atomic E-state index is 13.4. The third-order valence-electron chi connectivity index (χ3n) is 3.71. The lowest BCUT2D eigenvalue weighted by atomic mass is 9.96. The van der Waals surface area contributed by atoms with Gasteiger partial charge in [0.15, 0.2) is 5.60 Å². The van der Waals surface area contributed by atoms with E-state index in [4.69, 9.17) is 0 Å². The Bertz CT molecular complexity index is 689. The van der Waals surface area contributed by atoms with Crippen LogP contribution in [0.1, 0.15) is 11.1 Å². The summed E-state index contributed by atoms with van der Waals surface area (Å²) >= 11 is 0. The lowest BCUT2D eigenvalue weighted by Crippen LogP contribution is -2.42. The van der Waals surface area contributed by atoms with Gasteiger partial charge in [0, 0.05) is 5.56 Å². The SMILES string of the molecule is O=C1N(Cc2ccccc2)c2ccc(F)cc2C1(O)CO. The quantitative estimate of drug-likeness (QED) is 0.900. The van der Waals surface area contributed by atoms with E-state index < -0.39 is 23.9 Å². The first-order chi connectivity index (χ1) is 10.1. The summed E-state index contributed by atoms with van der Waals surface area (Å²) in [6, 6.07) is 13.0. The smallest absolute Gasteiger partial charge is 0.266 e. The van der Waals surface area contributed by atoms with Crippen LogP contribution in [0.4, 0.5) is 10.1 Å². The van der Waals surface area contributed by atoms with Crippen molar-refractivity contribution in [1.29, 1.82) is 0 Å². The normalized spacial score (nSPS) is 20.7. The summed E-state index contributed by atoms with van der Waals surface area (Å²) in [4.78, 5) is 13.8. The molecule has 4 nitrogen and oxygen atoms in total. The molecule has 0 saturated heterocycles. The van der Waals surface area contributed by atoms with E-state index in [2.05, 4.69) is 0 Å². The van der Waals surface area contributed by atoms with Gasteiger partial charge in [0.25, 0.3) is 5.91 Å². The minimum Gasteiger partial charge on any atom is -0.392 e. The van der Waals surface area contributed by atoms with E-state index in [1.54, 1.807) is 0 Å². The number of nitrogens with zero attached hydrogens (tertiary/aromatic N) is 1. The van der Waals surface area contributed by atoms with E-state index in [-0.39, 0.29) is 12.1 Å². The molecule has 1 atom stereocenters. The van der Waals surface area contributed by atoms with Crippen LogP contribution in [-0.2, 0) is 16.9 Å². The Morgan fingerprint density at radius 3 is 2.52 bits per heavy atom. The number of fused-ring (bicyclic) bond motifs is 1. The molecule has 0 radical (unpaired) electrons. The first-order valence-corrected chi connectivity index (χ1v) is 6.55. The number of anilines is 1. The van der Waals surface area contributed by atoms with Crippen molar-refractivity contribution in [3.8, 4) is 0 Å². The van der Waals surface area contributed by atoms with Crippen LogP contribution in [0.15, 0.2) is 48.5 Å². The molecule has 2 aromatic rings. The largest absolute Gasteiger partial charge is 0.392 e. The summed E-state index contributed by atoms with van der Waals surface area (Å²) < 4.78 is 13.4. The molecule has 2 aromatic carbocycles. The number of hydrogen-bond donors (Lipinski definition) is 2. The third kappa shape index (κ3) is 2.11. The maximum Gasteiger partial charge on any atom is 0.266 e. The molecule has 0 fully saturated rings. The van der Waals surface area contributed by atoms with Crippen LogP contribution >= 0.6 is 0 Å². The van der Waals surface area contributed by atoms with E-state index >= 15 is 0 Å². The maximum atomic E-state index is 13.4. The first-order valence-electron chi connectivity index (χ1n) is 6.55. The number of halogens is 1. The summed E-state index contributed by atoms with van der Waals surface area (Å²) in [5.41, 5.74) is -0.678. The average molecular weight is 287 g/mol. The van der Waals surface area contributed by atoms with Gasteiger partial charge >= 0.3 is 0 Å². The van der Waals surface area contributed by atoms with Crippen LogP contribution in [0.2, 0.25) is 0 Å². The highest BCUT2D eigenvalue weighted by molar-refractivity contribution is 6.06. The van der Waals surface area contributed by atoms with Gasteiger partial charge in [-0.3, -0.25) is 4.79 Å². The van der Waals surface area contributed by atoms with Gasteiger partial charge in [0.2, 0.25) is 0 Å². The Kier molecular flexibility index (Phi) is 3.23. The van der Waals surface area contributed by atoms with Crippen LogP contribution in [0.3, 0.4) is 0 Å². The topological polar surface area (TPSA) is 60.8 Å². The zero-order valence-electron chi connectivity index (χ0n) is 11.2. The second-order valence-corrected chi connectivity index (χ2v) is 5.06. The fourth-order valence-corrected chi connectivity index (χ4v) is 2.60. The van der Waals surface area contributed by atoms with Crippen LogP contribution < -0.4 is 4.90 Å². The van der Waals surface area contributed by atoms with Gasteiger partial charge < -0.3 is 15.1 Å². The number of rotatable bonds is 3. The van der Waals surface area contributed by atoms with Crippen molar-refractivity contribution in [3.63, 3.8) is 0 Å². The molecule has 2 N–H and O–H groups in total. The van der Waals surface area contributed by atoms with Gasteiger partial charge in [0.1, 0.15) is 5.82 Å². The predicted octanol–water partition coefficient (Wildman–Crippen LogP) is 1.55. The van der Waals surface area contributed by atoms with E-state index in [1.807, 2.05) is 30.3 Å². The fourth-order valence-electron chi connectivity index (χ4n) is 2.60. The van der Waals surface area contributed by atoms with Crippen molar-refractivity contribution in [2.75, 3.05) is 11.5 Å². The lowest BCUT2D eigenvalue weighted by Gasteiger charge is -2.21. The lowest BCUT2D eigenvalue weighted by molar-refractivity contribution is -0.140. The molecule has 0 saturated carbocycles.